The van der Waals surface area contributed by atoms with Crippen LogP contribution in [0, 0.1) is 6.92 Å². The van der Waals surface area contributed by atoms with Crippen LogP contribution in [0.2, 0.25) is 0 Å². The fourth-order valence-electron chi connectivity index (χ4n) is 2.56. The van der Waals surface area contributed by atoms with Crippen LogP contribution in [-0.2, 0) is 13.1 Å². The van der Waals surface area contributed by atoms with Crippen LogP contribution in [0.15, 0.2) is 24.3 Å². The number of aromatic nitrogens is 3. The van der Waals surface area contributed by atoms with E-state index in [9.17, 15) is 0 Å². The lowest BCUT2D eigenvalue weighted by atomic mass is 10.1. The van der Waals surface area contributed by atoms with E-state index >= 15 is 0 Å². The number of nitrogens with zero attached hydrogens (tertiary/aromatic N) is 3. The molecule has 2 aromatic rings. The third-order valence-electron chi connectivity index (χ3n) is 3.61. The van der Waals surface area contributed by atoms with Crippen molar-refractivity contribution in [1.82, 2.24) is 15.0 Å². The lowest BCUT2D eigenvalue weighted by molar-refractivity contribution is 0.300. The van der Waals surface area contributed by atoms with E-state index < -0.39 is 0 Å². The minimum absolute atomic E-state index is 0.386. The maximum atomic E-state index is 5.76. The second-order valence-electron chi connectivity index (χ2n) is 5.88. The van der Waals surface area contributed by atoms with Crippen molar-refractivity contribution in [3.05, 3.63) is 41.2 Å². The number of nitrogens with two attached hydrogens (primary N) is 1. The van der Waals surface area contributed by atoms with Gasteiger partial charge in [-0.2, -0.15) is 0 Å². The Balaban J connectivity index is 1.78. The molecule has 0 aliphatic rings. The van der Waals surface area contributed by atoms with Gasteiger partial charge in [-0.3, -0.25) is 0 Å². The first kappa shape index (κ1) is 16.5. The average Bonchev–Trinajstić information content (AvgIpc) is 2.90. The van der Waals surface area contributed by atoms with Crippen LogP contribution in [0.3, 0.4) is 0 Å². The summed E-state index contributed by atoms with van der Waals surface area (Å²) in [4.78, 5) is 0. The molecule has 5 heteroatoms. The maximum absolute atomic E-state index is 5.76. The smallest absolute Gasteiger partial charge is 0.119 e. The first-order valence-electron chi connectivity index (χ1n) is 7.93. The molecule has 1 heterocycles. The summed E-state index contributed by atoms with van der Waals surface area (Å²) < 4.78 is 7.75. The van der Waals surface area contributed by atoms with Crippen molar-refractivity contribution in [3.8, 4) is 5.75 Å². The van der Waals surface area contributed by atoms with Crippen molar-refractivity contribution >= 4 is 0 Å². The predicted molar refractivity (Wildman–Crippen MR) is 87.9 cm³/mol. The molecule has 0 radical (unpaired) electrons. The minimum atomic E-state index is 0.386. The van der Waals surface area contributed by atoms with Crippen LogP contribution in [0.4, 0.5) is 0 Å². The second-order valence-corrected chi connectivity index (χ2v) is 5.88. The molecule has 0 saturated heterocycles. The Morgan fingerprint density at radius 2 is 2.09 bits per heavy atom. The Morgan fingerprint density at radius 1 is 1.27 bits per heavy atom. The van der Waals surface area contributed by atoms with Gasteiger partial charge in [-0.15, -0.1) is 5.10 Å². The number of benzene rings is 1. The number of hydrogen-bond acceptors (Lipinski definition) is 4. The predicted octanol–water partition coefficient (Wildman–Crippen LogP) is 3.03. The normalized spacial score (nSPS) is 11.1. The van der Waals surface area contributed by atoms with E-state index in [1.54, 1.807) is 0 Å². The highest BCUT2D eigenvalue weighted by Crippen LogP contribution is 2.18. The second kappa shape index (κ2) is 7.94. The quantitative estimate of drug-likeness (QED) is 0.761. The SMILES string of the molecule is Cc1cccc(OCCCCn2nnc(CN)c2C(C)C)c1. The Morgan fingerprint density at radius 3 is 2.77 bits per heavy atom. The van der Waals surface area contributed by atoms with Gasteiger partial charge in [0.15, 0.2) is 0 Å². The Labute approximate surface area is 132 Å². The zero-order valence-corrected chi connectivity index (χ0v) is 13.7. The molecule has 0 unspecified atom stereocenters. The maximum Gasteiger partial charge on any atom is 0.119 e. The number of unbranched alkanes of at least 4 members (excludes halogenated alkanes) is 1. The lowest BCUT2D eigenvalue weighted by Crippen LogP contribution is -2.10. The van der Waals surface area contributed by atoms with Gasteiger partial charge in [0, 0.05) is 13.1 Å². The molecule has 2 N–H and O–H groups in total. The van der Waals surface area contributed by atoms with E-state index in [2.05, 4.69) is 43.2 Å². The highest BCUT2D eigenvalue weighted by atomic mass is 16.5. The molecule has 1 aromatic carbocycles. The van der Waals surface area contributed by atoms with E-state index in [-0.39, 0.29) is 0 Å². The summed E-state index contributed by atoms with van der Waals surface area (Å²) >= 11 is 0. The Hall–Kier alpha value is -1.88. The fourth-order valence-corrected chi connectivity index (χ4v) is 2.56. The molecule has 0 aliphatic heterocycles. The van der Waals surface area contributed by atoms with Gasteiger partial charge in [0.2, 0.25) is 0 Å². The topological polar surface area (TPSA) is 66.0 Å². The Kier molecular flexibility index (Phi) is 5.95. The fraction of sp³-hybridized carbons (Fsp3) is 0.529. The van der Waals surface area contributed by atoms with Crippen molar-refractivity contribution in [3.63, 3.8) is 0 Å². The molecule has 120 valence electrons. The molecule has 0 aliphatic carbocycles. The van der Waals surface area contributed by atoms with Crippen molar-refractivity contribution in [2.45, 2.75) is 52.6 Å². The molecule has 0 bridgehead atoms. The summed E-state index contributed by atoms with van der Waals surface area (Å²) in [6, 6.07) is 8.14. The van der Waals surface area contributed by atoms with Crippen LogP contribution >= 0.6 is 0 Å². The van der Waals surface area contributed by atoms with Gasteiger partial charge in [-0.05, 0) is 43.4 Å². The van der Waals surface area contributed by atoms with Crippen molar-refractivity contribution in [1.29, 1.82) is 0 Å². The van der Waals surface area contributed by atoms with Crippen LogP contribution in [-0.4, -0.2) is 21.6 Å². The average molecular weight is 302 g/mol. The third kappa shape index (κ3) is 4.31. The van der Waals surface area contributed by atoms with Crippen molar-refractivity contribution < 1.29 is 4.74 Å². The number of hydrogen-bond donors (Lipinski definition) is 1. The third-order valence-corrected chi connectivity index (χ3v) is 3.61. The van der Waals surface area contributed by atoms with E-state index in [0.717, 1.165) is 43.1 Å². The van der Waals surface area contributed by atoms with E-state index in [4.69, 9.17) is 10.5 Å². The summed E-state index contributed by atoms with van der Waals surface area (Å²) in [5, 5.41) is 8.39. The monoisotopic (exact) mass is 302 g/mol. The van der Waals surface area contributed by atoms with Gasteiger partial charge < -0.3 is 10.5 Å². The number of rotatable bonds is 8. The molecule has 0 amide bonds. The highest BCUT2D eigenvalue weighted by Gasteiger charge is 2.14. The molecule has 0 spiro atoms. The van der Waals surface area contributed by atoms with Crippen LogP contribution < -0.4 is 10.5 Å². The standard InChI is InChI=1S/C17H26N4O/c1-13(2)17-16(12-18)19-20-21(17)9-4-5-10-22-15-8-6-7-14(3)11-15/h6-8,11,13H,4-5,9-10,12,18H2,1-3H3. The van der Waals surface area contributed by atoms with Crippen LogP contribution in [0.5, 0.6) is 5.75 Å². The van der Waals surface area contributed by atoms with Crippen molar-refractivity contribution in [2.24, 2.45) is 5.73 Å². The highest BCUT2D eigenvalue weighted by molar-refractivity contribution is 5.27. The summed E-state index contributed by atoms with van der Waals surface area (Å²) in [6.45, 7) is 8.39. The minimum Gasteiger partial charge on any atom is -0.494 e. The van der Waals surface area contributed by atoms with Gasteiger partial charge in [-0.25, -0.2) is 4.68 Å². The molecule has 1 aromatic heterocycles. The molecule has 0 atom stereocenters. The summed E-state index contributed by atoms with van der Waals surface area (Å²) in [7, 11) is 0. The molecule has 5 nitrogen and oxygen atoms in total. The molecule has 22 heavy (non-hydrogen) atoms. The zero-order chi connectivity index (χ0) is 15.9. The largest absolute Gasteiger partial charge is 0.494 e. The summed E-state index contributed by atoms with van der Waals surface area (Å²) in [5.74, 6) is 1.33. The van der Waals surface area contributed by atoms with E-state index in [1.165, 1.54) is 5.56 Å². The van der Waals surface area contributed by atoms with Crippen molar-refractivity contribution in [2.75, 3.05) is 6.61 Å². The zero-order valence-electron chi connectivity index (χ0n) is 13.7. The molecule has 2 rings (SSSR count). The summed E-state index contributed by atoms with van der Waals surface area (Å²) in [5.41, 5.74) is 9.00. The van der Waals surface area contributed by atoms with Gasteiger partial charge in [0.05, 0.1) is 18.0 Å². The van der Waals surface area contributed by atoms with Gasteiger partial charge >= 0.3 is 0 Å². The van der Waals surface area contributed by atoms with E-state index in [1.807, 2.05) is 16.8 Å². The van der Waals surface area contributed by atoms with Gasteiger partial charge in [0.25, 0.3) is 0 Å². The van der Waals surface area contributed by atoms with Gasteiger partial charge in [-0.1, -0.05) is 31.2 Å². The first-order valence-corrected chi connectivity index (χ1v) is 7.93. The van der Waals surface area contributed by atoms with Gasteiger partial charge in [0.1, 0.15) is 5.75 Å². The lowest BCUT2D eigenvalue weighted by Gasteiger charge is -2.11. The van der Waals surface area contributed by atoms with Crippen LogP contribution in [0.1, 0.15) is 49.6 Å². The van der Waals surface area contributed by atoms with E-state index in [0.29, 0.717) is 12.5 Å². The number of aryl methyl sites for hydroxylation is 2. The van der Waals surface area contributed by atoms with Crippen LogP contribution in [0.25, 0.3) is 0 Å². The summed E-state index contributed by atoms with van der Waals surface area (Å²) in [6.07, 6.45) is 2.00. The molecule has 0 saturated carbocycles. The Bertz CT molecular complexity index is 592. The molecular weight excluding hydrogens is 276 g/mol. The molecular formula is C17H26N4O. The molecule has 0 fully saturated rings. The number of ether oxygens (including phenoxy) is 1. The first-order chi connectivity index (χ1) is 10.6.